The van der Waals surface area contributed by atoms with E-state index in [-0.39, 0.29) is 0 Å². The Hall–Kier alpha value is -2.07. The van der Waals surface area contributed by atoms with Gasteiger partial charge in [-0.1, -0.05) is 72.4 Å². The van der Waals surface area contributed by atoms with Crippen molar-refractivity contribution in [2.24, 2.45) is 0 Å². The number of nitrogens with one attached hydrogen (secondary N) is 1. The molecule has 2 aromatic rings. The van der Waals surface area contributed by atoms with E-state index in [1.54, 1.807) is 18.2 Å². The van der Waals surface area contributed by atoms with E-state index in [1.807, 2.05) is 54.6 Å². The molecule has 0 saturated carbocycles. The fraction of sp³-hybridized carbons (Fsp3) is 0.118. The summed E-state index contributed by atoms with van der Waals surface area (Å²) >= 11 is 0.903. The maximum atomic E-state index is 13.8. The third-order valence-electron chi connectivity index (χ3n) is 2.69. The van der Waals surface area contributed by atoms with E-state index < -0.39 is 11.4 Å². The van der Waals surface area contributed by atoms with Gasteiger partial charge in [-0.2, -0.15) is 0 Å². The molecule has 1 amide bonds. The number of carbonyl (C=O) groups is 1. The van der Waals surface area contributed by atoms with Crippen LogP contribution < -0.4 is 5.32 Å². The minimum absolute atomic E-state index is 0.309. The van der Waals surface area contributed by atoms with Gasteiger partial charge < -0.3 is 5.32 Å². The molecule has 0 heterocycles. The van der Waals surface area contributed by atoms with Crippen LogP contribution in [0.4, 0.5) is 4.39 Å². The molecule has 108 valence electrons. The van der Waals surface area contributed by atoms with Crippen molar-refractivity contribution < 1.29 is 9.18 Å². The van der Waals surface area contributed by atoms with Gasteiger partial charge in [0.15, 0.2) is 0 Å². The fourth-order valence-corrected chi connectivity index (χ4v) is 2.41. The van der Waals surface area contributed by atoms with Crippen molar-refractivity contribution in [1.82, 2.24) is 5.32 Å². The Balaban J connectivity index is 1.75. The van der Waals surface area contributed by atoms with Crippen molar-refractivity contribution >= 4 is 23.7 Å². The van der Waals surface area contributed by atoms with E-state index in [2.05, 4.69) is 5.32 Å². The normalized spacial score (nSPS) is 12.2. The van der Waals surface area contributed by atoms with E-state index in [0.717, 1.165) is 22.2 Å². The summed E-state index contributed by atoms with van der Waals surface area (Å²) < 4.78 is 13.8. The Morgan fingerprint density at radius 1 is 1.10 bits per heavy atom. The van der Waals surface area contributed by atoms with Crippen LogP contribution in [0, 0.1) is 0 Å². The third-order valence-corrected chi connectivity index (χ3v) is 3.66. The van der Waals surface area contributed by atoms with Gasteiger partial charge in [-0.05, 0) is 17.7 Å². The number of carbonyl (C=O) groups excluding carboxylic acids is 1. The van der Waals surface area contributed by atoms with Crippen molar-refractivity contribution in [3.63, 3.8) is 0 Å². The maximum Gasteiger partial charge on any atom is 0.265 e. The van der Waals surface area contributed by atoms with Gasteiger partial charge in [0.05, 0.1) is 0 Å². The molecule has 0 radical (unpaired) electrons. The first kappa shape index (κ1) is 15.3. The molecule has 0 aromatic heterocycles. The molecule has 1 atom stereocenters. The van der Waals surface area contributed by atoms with E-state index in [1.165, 1.54) is 0 Å². The van der Waals surface area contributed by atoms with Crippen LogP contribution in [0.1, 0.15) is 5.56 Å². The fourth-order valence-electron chi connectivity index (χ4n) is 1.67. The highest BCUT2D eigenvalue weighted by Gasteiger charge is 2.17. The predicted octanol–water partition coefficient (Wildman–Crippen LogP) is 3.90. The Bertz CT molecular complexity index is 586. The third kappa shape index (κ3) is 5.44. The summed E-state index contributed by atoms with van der Waals surface area (Å²) in [5, 5.41) is 2.55. The molecule has 0 aliphatic rings. The predicted molar refractivity (Wildman–Crippen MR) is 85.7 cm³/mol. The molecular weight excluding hydrogens is 285 g/mol. The number of hydrogen-bond acceptors (Lipinski definition) is 2. The second-order valence-electron chi connectivity index (χ2n) is 4.31. The molecular formula is C17H16FNOS. The summed E-state index contributed by atoms with van der Waals surface area (Å²) in [5.74, 6) is -0.610. The molecule has 0 spiro atoms. The zero-order chi connectivity index (χ0) is 14.9. The van der Waals surface area contributed by atoms with Crippen LogP contribution in [-0.2, 0) is 4.79 Å². The lowest BCUT2D eigenvalue weighted by Crippen LogP contribution is -2.30. The first-order chi connectivity index (χ1) is 10.3. The molecule has 2 nitrogen and oxygen atoms in total. The quantitative estimate of drug-likeness (QED) is 0.820. The molecule has 2 aromatic carbocycles. The molecule has 1 unspecified atom stereocenters. The van der Waals surface area contributed by atoms with Crippen molar-refractivity contribution in [2.45, 2.75) is 10.4 Å². The van der Waals surface area contributed by atoms with Crippen LogP contribution >= 0.6 is 11.8 Å². The first-order valence-corrected chi connectivity index (χ1v) is 7.49. The highest BCUT2D eigenvalue weighted by atomic mass is 32.2. The standard InChI is InChI=1S/C17H16FNOS/c18-16(21-15-11-5-2-6-12-15)17(20)19-13-7-10-14-8-3-1-4-9-14/h1-12,16H,13H2,(H,19,20)/b10-7+. The molecule has 1 N–H and O–H groups in total. The monoisotopic (exact) mass is 301 g/mol. The van der Waals surface area contributed by atoms with Gasteiger partial charge in [-0.3, -0.25) is 4.79 Å². The van der Waals surface area contributed by atoms with E-state index >= 15 is 0 Å². The Morgan fingerprint density at radius 3 is 2.38 bits per heavy atom. The van der Waals surface area contributed by atoms with Crippen LogP contribution in [0.2, 0.25) is 0 Å². The smallest absolute Gasteiger partial charge is 0.265 e. The lowest BCUT2D eigenvalue weighted by Gasteiger charge is -2.07. The molecule has 0 bridgehead atoms. The summed E-state index contributed by atoms with van der Waals surface area (Å²) in [6.45, 7) is 0.309. The van der Waals surface area contributed by atoms with E-state index in [0.29, 0.717) is 6.54 Å². The zero-order valence-electron chi connectivity index (χ0n) is 11.4. The number of alkyl halides is 1. The van der Waals surface area contributed by atoms with Gasteiger partial charge in [0.1, 0.15) is 0 Å². The molecule has 0 aliphatic heterocycles. The molecule has 0 aliphatic carbocycles. The molecule has 2 rings (SSSR count). The van der Waals surface area contributed by atoms with Crippen LogP contribution in [0.5, 0.6) is 0 Å². The van der Waals surface area contributed by atoms with Gasteiger partial charge in [0.2, 0.25) is 5.50 Å². The van der Waals surface area contributed by atoms with Crippen LogP contribution in [0.3, 0.4) is 0 Å². The second kappa shape index (κ2) is 8.27. The number of amides is 1. The van der Waals surface area contributed by atoms with Gasteiger partial charge in [-0.15, -0.1) is 0 Å². The number of hydrogen-bond donors (Lipinski definition) is 1. The second-order valence-corrected chi connectivity index (χ2v) is 5.43. The minimum atomic E-state index is -1.60. The lowest BCUT2D eigenvalue weighted by molar-refractivity contribution is -0.122. The summed E-state index contributed by atoms with van der Waals surface area (Å²) in [6, 6.07) is 18.8. The van der Waals surface area contributed by atoms with Crippen LogP contribution in [0.15, 0.2) is 71.6 Å². The highest BCUT2D eigenvalue weighted by molar-refractivity contribution is 8.00. The molecule has 0 fully saturated rings. The molecule has 4 heteroatoms. The van der Waals surface area contributed by atoms with Crippen molar-refractivity contribution in [1.29, 1.82) is 0 Å². The van der Waals surface area contributed by atoms with E-state index in [4.69, 9.17) is 0 Å². The summed E-state index contributed by atoms with van der Waals surface area (Å²) in [5.41, 5.74) is -0.556. The zero-order valence-corrected chi connectivity index (χ0v) is 12.2. The van der Waals surface area contributed by atoms with Crippen LogP contribution in [-0.4, -0.2) is 18.0 Å². The topological polar surface area (TPSA) is 29.1 Å². The highest BCUT2D eigenvalue weighted by Crippen LogP contribution is 2.23. The first-order valence-electron chi connectivity index (χ1n) is 6.61. The van der Waals surface area contributed by atoms with Gasteiger partial charge in [-0.25, -0.2) is 4.39 Å². The van der Waals surface area contributed by atoms with Crippen molar-refractivity contribution in [3.05, 3.63) is 72.3 Å². The molecule has 0 saturated heterocycles. The Labute approximate surface area is 128 Å². The van der Waals surface area contributed by atoms with Gasteiger partial charge >= 0.3 is 0 Å². The van der Waals surface area contributed by atoms with Crippen LogP contribution in [0.25, 0.3) is 6.08 Å². The number of rotatable bonds is 6. The SMILES string of the molecule is O=C(NC/C=C/c1ccccc1)C(F)Sc1ccccc1. The van der Waals surface area contributed by atoms with Crippen molar-refractivity contribution in [3.8, 4) is 0 Å². The Kier molecular flexibility index (Phi) is 6.03. The maximum absolute atomic E-state index is 13.8. The lowest BCUT2D eigenvalue weighted by atomic mass is 10.2. The largest absolute Gasteiger partial charge is 0.349 e. The van der Waals surface area contributed by atoms with Crippen molar-refractivity contribution in [2.75, 3.05) is 6.54 Å². The van der Waals surface area contributed by atoms with Gasteiger partial charge in [0.25, 0.3) is 5.91 Å². The summed E-state index contributed by atoms with van der Waals surface area (Å²) in [7, 11) is 0. The number of benzene rings is 2. The number of thioether (sulfide) groups is 1. The summed E-state index contributed by atoms with van der Waals surface area (Å²) in [6.07, 6.45) is 3.69. The van der Waals surface area contributed by atoms with E-state index in [9.17, 15) is 9.18 Å². The minimum Gasteiger partial charge on any atom is -0.349 e. The number of halogens is 1. The van der Waals surface area contributed by atoms with Gasteiger partial charge in [0, 0.05) is 11.4 Å². The summed E-state index contributed by atoms with van der Waals surface area (Å²) in [4.78, 5) is 12.4. The molecule has 21 heavy (non-hydrogen) atoms. The average molecular weight is 301 g/mol. The average Bonchev–Trinajstić information content (AvgIpc) is 2.53. The Morgan fingerprint density at radius 2 is 1.71 bits per heavy atom.